The number of benzene rings is 2. The molecule has 1 heterocycles. The van der Waals surface area contributed by atoms with Crippen LogP contribution in [-0.2, 0) is 0 Å². The normalized spacial score (nSPS) is 10.8. The number of rotatable bonds is 2. The van der Waals surface area contributed by atoms with Crippen LogP contribution in [-0.4, -0.2) is 10.9 Å². The monoisotopic (exact) mass is 336 g/mol. The quantitative estimate of drug-likeness (QED) is 0.701. The van der Waals surface area contributed by atoms with Crippen molar-refractivity contribution in [3.05, 3.63) is 57.6 Å². The first-order valence-electron chi connectivity index (χ1n) is 6.18. The summed E-state index contributed by atoms with van der Waals surface area (Å²) in [5, 5.41) is 4.38. The summed E-state index contributed by atoms with van der Waals surface area (Å²) < 4.78 is 0.978. The molecule has 0 bridgehead atoms. The van der Waals surface area contributed by atoms with E-state index < -0.39 is 0 Å². The Hall–Kier alpha value is -1.62. The van der Waals surface area contributed by atoms with E-state index in [-0.39, 0.29) is 5.91 Å². The molecule has 0 aliphatic rings. The molecule has 0 atom stereocenters. The SMILES string of the molecule is Cc1c(Cl)ccc2sc(NC(=O)c3ccccc3Cl)nc12. The van der Waals surface area contributed by atoms with E-state index in [9.17, 15) is 4.79 Å². The third kappa shape index (κ3) is 2.75. The first-order chi connectivity index (χ1) is 10.1. The Balaban J connectivity index is 1.94. The van der Waals surface area contributed by atoms with E-state index in [1.54, 1.807) is 24.3 Å². The number of aryl methyl sites for hydroxylation is 1. The fraction of sp³-hybridized carbons (Fsp3) is 0.0667. The third-order valence-corrected chi connectivity index (χ3v) is 4.76. The summed E-state index contributed by atoms with van der Waals surface area (Å²) in [7, 11) is 0. The number of nitrogens with one attached hydrogen (secondary N) is 1. The Bertz CT molecular complexity index is 845. The highest BCUT2D eigenvalue weighted by Crippen LogP contribution is 2.32. The van der Waals surface area contributed by atoms with Crippen LogP contribution < -0.4 is 5.32 Å². The van der Waals surface area contributed by atoms with E-state index in [4.69, 9.17) is 23.2 Å². The van der Waals surface area contributed by atoms with Crippen LogP contribution in [0.4, 0.5) is 5.13 Å². The van der Waals surface area contributed by atoms with E-state index in [1.807, 2.05) is 19.1 Å². The van der Waals surface area contributed by atoms with Gasteiger partial charge >= 0.3 is 0 Å². The highest BCUT2D eigenvalue weighted by molar-refractivity contribution is 7.22. The second kappa shape index (κ2) is 5.64. The summed E-state index contributed by atoms with van der Waals surface area (Å²) in [5.74, 6) is -0.275. The largest absolute Gasteiger partial charge is 0.298 e. The number of anilines is 1. The van der Waals surface area contributed by atoms with Crippen LogP contribution in [0, 0.1) is 6.92 Å². The Morgan fingerprint density at radius 2 is 1.90 bits per heavy atom. The van der Waals surface area contributed by atoms with Gasteiger partial charge < -0.3 is 0 Å². The second-order valence-electron chi connectivity index (χ2n) is 4.47. The maximum Gasteiger partial charge on any atom is 0.258 e. The highest BCUT2D eigenvalue weighted by atomic mass is 35.5. The molecule has 0 fully saturated rings. The number of fused-ring (bicyclic) bond motifs is 1. The van der Waals surface area contributed by atoms with Crippen LogP contribution in [0.1, 0.15) is 15.9 Å². The molecule has 0 aliphatic heterocycles. The average molecular weight is 337 g/mol. The summed E-state index contributed by atoms with van der Waals surface area (Å²) in [6, 6.07) is 10.6. The zero-order chi connectivity index (χ0) is 15.0. The fourth-order valence-corrected chi connectivity index (χ4v) is 3.26. The Morgan fingerprint density at radius 3 is 2.67 bits per heavy atom. The van der Waals surface area contributed by atoms with E-state index >= 15 is 0 Å². The number of carbonyl (C=O) groups excluding carboxylic acids is 1. The minimum atomic E-state index is -0.275. The molecule has 0 spiro atoms. The van der Waals surface area contributed by atoms with Crippen LogP contribution in [0.5, 0.6) is 0 Å². The molecule has 0 saturated heterocycles. The Labute approximate surface area is 135 Å². The lowest BCUT2D eigenvalue weighted by molar-refractivity contribution is 0.102. The number of carbonyl (C=O) groups is 1. The van der Waals surface area contributed by atoms with Gasteiger partial charge in [0, 0.05) is 5.02 Å². The predicted octanol–water partition coefficient (Wildman–Crippen LogP) is 5.16. The molecule has 1 N–H and O–H groups in total. The molecule has 0 aliphatic carbocycles. The molecule has 3 aromatic rings. The van der Waals surface area contributed by atoms with Crippen LogP contribution in [0.3, 0.4) is 0 Å². The summed E-state index contributed by atoms with van der Waals surface area (Å²) in [4.78, 5) is 16.6. The van der Waals surface area contributed by atoms with Crippen LogP contribution in [0.15, 0.2) is 36.4 Å². The van der Waals surface area contributed by atoms with Gasteiger partial charge in [-0.25, -0.2) is 4.98 Å². The zero-order valence-electron chi connectivity index (χ0n) is 11.0. The maximum atomic E-state index is 12.2. The lowest BCUT2D eigenvalue weighted by Crippen LogP contribution is -2.12. The number of amides is 1. The highest BCUT2D eigenvalue weighted by Gasteiger charge is 2.13. The minimum absolute atomic E-state index is 0.275. The smallest absolute Gasteiger partial charge is 0.258 e. The van der Waals surface area contributed by atoms with Crippen molar-refractivity contribution in [2.24, 2.45) is 0 Å². The van der Waals surface area contributed by atoms with Gasteiger partial charge in [0.1, 0.15) is 0 Å². The van der Waals surface area contributed by atoms with Gasteiger partial charge in [0.15, 0.2) is 5.13 Å². The second-order valence-corrected chi connectivity index (χ2v) is 6.32. The van der Waals surface area contributed by atoms with Crippen molar-refractivity contribution in [2.75, 3.05) is 5.32 Å². The van der Waals surface area contributed by atoms with E-state index in [1.165, 1.54) is 11.3 Å². The molecule has 0 saturated carbocycles. The van der Waals surface area contributed by atoms with Crippen molar-refractivity contribution in [3.8, 4) is 0 Å². The molecule has 3 nitrogen and oxygen atoms in total. The lowest BCUT2D eigenvalue weighted by atomic mass is 10.2. The molecule has 1 amide bonds. The van der Waals surface area contributed by atoms with Crippen molar-refractivity contribution in [3.63, 3.8) is 0 Å². The maximum absolute atomic E-state index is 12.2. The topological polar surface area (TPSA) is 42.0 Å². The number of nitrogens with zero attached hydrogens (tertiary/aromatic N) is 1. The molecule has 106 valence electrons. The molecule has 2 aromatic carbocycles. The summed E-state index contributed by atoms with van der Waals surface area (Å²) >= 11 is 13.5. The van der Waals surface area contributed by atoms with Gasteiger partial charge in [-0.2, -0.15) is 0 Å². The summed E-state index contributed by atoms with van der Waals surface area (Å²) in [6.07, 6.45) is 0. The molecule has 0 radical (unpaired) electrons. The van der Waals surface area contributed by atoms with Gasteiger partial charge in [0.2, 0.25) is 0 Å². The van der Waals surface area contributed by atoms with Gasteiger partial charge in [0.25, 0.3) is 5.91 Å². The van der Waals surface area contributed by atoms with Crippen LogP contribution in [0.2, 0.25) is 10.0 Å². The van der Waals surface area contributed by atoms with Crippen molar-refractivity contribution < 1.29 is 4.79 Å². The molecule has 21 heavy (non-hydrogen) atoms. The van der Waals surface area contributed by atoms with Crippen molar-refractivity contribution in [2.45, 2.75) is 6.92 Å². The molecular weight excluding hydrogens is 327 g/mol. The van der Waals surface area contributed by atoms with Crippen molar-refractivity contribution in [1.29, 1.82) is 0 Å². The molecule has 6 heteroatoms. The Kier molecular flexibility index (Phi) is 3.85. The number of hydrogen-bond acceptors (Lipinski definition) is 3. The van der Waals surface area contributed by atoms with Crippen LogP contribution >= 0.6 is 34.5 Å². The van der Waals surface area contributed by atoms with Crippen LogP contribution in [0.25, 0.3) is 10.2 Å². The van der Waals surface area contributed by atoms with Gasteiger partial charge in [0.05, 0.1) is 20.8 Å². The van der Waals surface area contributed by atoms with E-state index in [2.05, 4.69) is 10.3 Å². The number of thiazole rings is 1. The van der Waals surface area contributed by atoms with E-state index in [0.29, 0.717) is 20.7 Å². The molecule has 0 unspecified atom stereocenters. The first-order valence-corrected chi connectivity index (χ1v) is 7.75. The number of aromatic nitrogens is 1. The molecule has 3 rings (SSSR count). The van der Waals surface area contributed by atoms with Crippen molar-refractivity contribution >= 4 is 55.8 Å². The van der Waals surface area contributed by atoms with Gasteiger partial charge in [-0.15, -0.1) is 0 Å². The lowest BCUT2D eigenvalue weighted by Gasteiger charge is -2.03. The number of halogens is 2. The summed E-state index contributed by atoms with van der Waals surface area (Å²) in [5.41, 5.74) is 2.14. The summed E-state index contributed by atoms with van der Waals surface area (Å²) in [6.45, 7) is 1.91. The van der Waals surface area contributed by atoms with Crippen molar-refractivity contribution in [1.82, 2.24) is 4.98 Å². The first kappa shape index (κ1) is 14.3. The standard InChI is InChI=1S/C15H10Cl2N2OS/c1-8-10(16)6-7-12-13(8)18-15(21-12)19-14(20)9-4-2-3-5-11(9)17/h2-7H,1H3,(H,18,19,20). The zero-order valence-corrected chi connectivity index (χ0v) is 13.3. The predicted molar refractivity (Wildman–Crippen MR) is 88.8 cm³/mol. The average Bonchev–Trinajstić information content (AvgIpc) is 2.87. The number of hydrogen-bond donors (Lipinski definition) is 1. The minimum Gasteiger partial charge on any atom is -0.298 e. The fourth-order valence-electron chi connectivity index (χ4n) is 1.96. The van der Waals surface area contributed by atoms with Gasteiger partial charge in [-0.1, -0.05) is 46.7 Å². The van der Waals surface area contributed by atoms with Gasteiger partial charge in [-0.3, -0.25) is 10.1 Å². The molecular formula is C15H10Cl2N2OS. The third-order valence-electron chi connectivity index (χ3n) is 3.09. The van der Waals surface area contributed by atoms with E-state index in [0.717, 1.165) is 15.8 Å². The Morgan fingerprint density at radius 1 is 1.14 bits per heavy atom. The van der Waals surface area contributed by atoms with Gasteiger partial charge in [-0.05, 0) is 36.8 Å². The molecule has 1 aromatic heterocycles.